The molecule has 2 heterocycles. The minimum Gasteiger partial charge on any atom is -0.462 e. The van der Waals surface area contributed by atoms with Crippen LogP contribution in [0.1, 0.15) is 52.3 Å². The fourth-order valence-electron chi connectivity index (χ4n) is 3.09. The van der Waals surface area contributed by atoms with E-state index in [1.807, 2.05) is 0 Å². The zero-order valence-electron chi connectivity index (χ0n) is 17.2. The number of amides is 1. The molecule has 1 fully saturated rings. The number of hydrogen-bond acceptors (Lipinski definition) is 7. The molecular formula is C22H23N3O3S2. The van der Waals surface area contributed by atoms with Gasteiger partial charge in [-0.1, -0.05) is 11.8 Å². The Kier molecular flexibility index (Phi) is 6.06. The van der Waals surface area contributed by atoms with Crippen LogP contribution in [0.5, 0.6) is 0 Å². The van der Waals surface area contributed by atoms with Crippen LogP contribution >= 0.6 is 23.1 Å². The Balaban J connectivity index is 1.45. The topological polar surface area (TPSA) is 81.2 Å². The first-order valence-electron chi connectivity index (χ1n) is 9.93. The maximum Gasteiger partial charge on any atom is 0.338 e. The Morgan fingerprint density at radius 3 is 2.60 bits per heavy atom. The van der Waals surface area contributed by atoms with Crippen LogP contribution in [0.15, 0.2) is 29.3 Å². The molecule has 2 aromatic heterocycles. The summed E-state index contributed by atoms with van der Waals surface area (Å²) < 4.78 is 4.97. The largest absolute Gasteiger partial charge is 0.462 e. The smallest absolute Gasteiger partial charge is 0.338 e. The van der Waals surface area contributed by atoms with Crippen molar-refractivity contribution in [2.45, 2.75) is 44.6 Å². The molecule has 6 nitrogen and oxygen atoms in total. The maximum absolute atomic E-state index is 12.5. The predicted molar refractivity (Wildman–Crippen MR) is 121 cm³/mol. The van der Waals surface area contributed by atoms with Crippen molar-refractivity contribution in [1.82, 2.24) is 9.97 Å². The summed E-state index contributed by atoms with van der Waals surface area (Å²) in [5, 5.41) is 4.83. The van der Waals surface area contributed by atoms with Crippen molar-refractivity contribution in [3.8, 4) is 0 Å². The van der Waals surface area contributed by atoms with E-state index in [4.69, 9.17) is 14.7 Å². The van der Waals surface area contributed by atoms with E-state index in [1.165, 1.54) is 22.2 Å². The normalized spacial score (nSPS) is 13.4. The lowest BCUT2D eigenvalue weighted by atomic mass is 10.2. The predicted octanol–water partition coefficient (Wildman–Crippen LogP) is 5.09. The van der Waals surface area contributed by atoms with Crippen molar-refractivity contribution in [1.29, 1.82) is 0 Å². The van der Waals surface area contributed by atoms with Crippen LogP contribution in [0, 0.1) is 13.8 Å². The van der Waals surface area contributed by atoms with E-state index in [1.54, 1.807) is 42.5 Å². The minimum atomic E-state index is -0.369. The van der Waals surface area contributed by atoms with Crippen LogP contribution in [0.4, 0.5) is 5.69 Å². The molecule has 0 radical (unpaired) electrons. The Morgan fingerprint density at radius 1 is 1.20 bits per heavy atom. The highest BCUT2D eigenvalue weighted by molar-refractivity contribution is 8.00. The average Bonchev–Trinajstić information content (AvgIpc) is 3.53. The number of thiophene rings is 1. The summed E-state index contributed by atoms with van der Waals surface area (Å²) in [6.45, 7) is 6.28. The first-order chi connectivity index (χ1) is 14.5. The number of rotatable bonds is 7. The van der Waals surface area contributed by atoms with Crippen molar-refractivity contribution in [2.24, 2.45) is 0 Å². The number of anilines is 1. The second kappa shape index (κ2) is 8.73. The molecule has 0 atom stereocenters. The Hall–Kier alpha value is -2.45. The lowest BCUT2D eigenvalue weighted by molar-refractivity contribution is -0.113. The SMILES string of the molecule is CCOC(=O)c1ccc(NC(=O)CSc2nc(C3CC3)nc3sc(C)c(C)c23)cc1. The van der Waals surface area contributed by atoms with E-state index in [-0.39, 0.29) is 17.6 Å². The van der Waals surface area contributed by atoms with Crippen molar-refractivity contribution >= 4 is 50.9 Å². The van der Waals surface area contributed by atoms with Gasteiger partial charge in [-0.2, -0.15) is 0 Å². The van der Waals surface area contributed by atoms with Gasteiger partial charge in [0, 0.05) is 21.9 Å². The lowest BCUT2D eigenvalue weighted by Gasteiger charge is -2.08. The molecule has 30 heavy (non-hydrogen) atoms. The van der Waals surface area contributed by atoms with E-state index >= 15 is 0 Å². The fourth-order valence-corrected chi connectivity index (χ4v) is 5.09. The van der Waals surface area contributed by atoms with Crippen LogP contribution in [-0.4, -0.2) is 34.2 Å². The minimum absolute atomic E-state index is 0.117. The monoisotopic (exact) mass is 441 g/mol. The maximum atomic E-state index is 12.5. The molecule has 4 rings (SSSR count). The molecule has 1 aromatic carbocycles. The average molecular weight is 442 g/mol. The van der Waals surface area contributed by atoms with Crippen LogP contribution in [-0.2, 0) is 9.53 Å². The van der Waals surface area contributed by atoms with Gasteiger partial charge in [-0.05, 0) is 63.4 Å². The van der Waals surface area contributed by atoms with Gasteiger partial charge in [0.25, 0.3) is 0 Å². The fraction of sp³-hybridized carbons (Fsp3) is 0.364. The van der Waals surface area contributed by atoms with Gasteiger partial charge in [0.2, 0.25) is 5.91 Å². The molecule has 8 heteroatoms. The summed E-state index contributed by atoms with van der Waals surface area (Å²) in [7, 11) is 0. The molecule has 1 N–H and O–H groups in total. The molecule has 0 unspecified atom stereocenters. The molecule has 0 saturated heterocycles. The van der Waals surface area contributed by atoms with E-state index in [0.29, 0.717) is 23.8 Å². The number of carbonyl (C=O) groups is 2. The van der Waals surface area contributed by atoms with Crippen LogP contribution in [0.3, 0.4) is 0 Å². The number of esters is 1. The Labute approximate surface area is 183 Å². The highest BCUT2D eigenvalue weighted by Crippen LogP contribution is 2.42. The highest BCUT2D eigenvalue weighted by Gasteiger charge is 2.28. The van der Waals surface area contributed by atoms with Gasteiger partial charge < -0.3 is 10.1 Å². The molecule has 156 valence electrons. The Bertz CT molecular complexity index is 1110. The molecule has 1 aliphatic rings. The second-order valence-corrected chi connectivity index (χ2v) is 9.43. The van der Waals surface area contributed by atoms with E-state index in [9.17, 15) is 9.59 Å². The van der Waals surface area contributed by atoms with Gasteiger partial charge in [-0.15, -0.1) is 11.3 Å². The quantitative estimate of drug-likeness (QED) is 0.312. The van der Waals surface area contributed by atoms with Gasteiger partial charge in [0.05, 0.1) is 17.9 Å². The van der Waals surface area contributed by atoms with Crippen LogP contribution in [0.2, 0.25) is 0 Å². The number of hydrogen-bond donors (Lipinski definition) is 1. The number of thioether (sulfide) groups is 1. The van der Waals surface area contributed by atoms with Gasteiger partial charge in [-0.25, -0.2) is 14.8 Å². The number of nitrogens with one attached hydrogen (secondary N) is 1. The lowest BCUT2D eigenvalue weighted by Crippen LogP contribution is -2.14. The van der Waals surface area contributed by atoms with E-state index < -0.39 is 0 Å². The zero-order chi connectivity index (χ0) is 21.3. The number of carbonyl (C=O) groups excluding carboxylic acids is 2. The van der Waals surface area contributed by atoms with E-state index in [0.717, 1.165) is 33.9 Å². The summed E-state index contributed by atoms with van der Waals surface area (Å²) in [4.78, 5) is 36.0. The van der Waals surface area contributed by atoms with Crippen molar-refractivity contribution in [2.75, 3.05) is 17.7 Å². The van der Waals surface area contributed by atoms with Crippen molar-refractivity contribution in [3.63, 3.8) is 0 Å². The van der Waals surface area contributed by atoms with Crippen LogP contribution < -0.4 is 5.32 Å². The number of nitrogens with zero attached hydrogens (tertiary/aromatic N) is 2. The summed E-state index contributed by atoms with van der Waals surface area (Å²) in [6, 6.07) is 6.70. The molecule has 1 saturated carbocycles. The third kappa shape index (κ3) is 4.49. The molecule has 0 bridgehead atoms. The van der Waals surface area contributed by atoms with Crippen molar-refractivity contribution < 1.29 is 14.3 Å². The first kappa shape index (κ1) is 20.8. The third-order valence-corrected chi connectivity index (χ3v) is 7.05. The molecule has 1 aliphatic carbocycles. The third-order valence-electron chi connectivity index (χ3n) is 4.98. The summed E-state index contributed by atoms with van der Waals surface area (Å²) in [6.07, 6.45) is 2.28. The van der Waals surface area contributed by atoms with Gasteiger partial charge in [-0.3, -0.25) is 4.79 Å². The number of aromatic nitrogens is 2. The first-order valence-corrected chi connectivity index (χ1v) is 11.7. The molecule has 0 spiro atoms. The van der Waals surface area contributed by atoms with Gasteiger partial charge >= 0.3 is 5.97 Å². The highest BCUT2D eigenvalue weighted by atomic mass is 32.2. The zero-order valence-corrected chi connectivity index (χ0v) is 18.8. The van der Waals surface area contributed by atoms with Gasteiger partial charge in [0.1, 0.15) is 15.7 Å². The number of fused-ring (bicyclic) bond motifs is 1. The summed E-state index contributed by atoms with van der Waals surface area (Å²) in [5.74, 6) is 1.13. The van der Waals surface area contributed by atoms with Crippen LogP contribution in [0.25, 0.3) is 10.2 Å². The van der Waals surface area contributed by atoms with E-state index in [2.05, 4.69) is 19.2 Å². The number of ether oxygens (including phenoxy) is 1. The molecule has 1 amide bonds. The Morgan fingerprint density at radius 2 is 1.93 bits per heavy atom. The molecular weight excluding hydrogens is 418 g/mol. The molecule has 0 aliphatic heterocycles. The second-order valence-electron chi connectivity index (χ2n) is 7.26. The summed E-state index contributed by atoms with van der Waals surface area (Å²) in [5.41, 5.74) is 2.29. The van der Waals surface area contributed by atoms with Crippen molar-refractivity contribution in [3.05, 3.63) is 46.1 Å². The molecule has 3 aromatic rings. The number of aryl methyl sites for hydroxylation is 2. The van der Waals surface area contributed by atoms with Gasteiger partial charge in [0.15, 0.2) is 0 Å². The summed E-state index contributed by atoms with van der Waals surface area (Å²) >= 11 is 3.14. The number of benzene rings is 1. The standard InChI is InChI=1S/C22H23N3O3S2/c1-4-28-22(27)15-7-9-16(10-8-15)23-17(26)11-29-20-18-12(2)13(3)30-21(18)25-19(24-20)14-5-6-14/h7-10,14H,4-6,11H2,1-3H3,(H,23,26).